The topological polar surface area (TPSA) is 73.6 Å². The Morgan fingerprint density at radius 1 is 1.10 bits per heavy atom. The highest BCUT2D eigenvalue weighted by atomic mass is 35.5. The van der Waals surface area contributed by atoms with Crippen LogP contribution in [0.3, 0.4) is 0 Å². The van der Waals surface area contributed by atoms with E-state index in [1.54, 1.807) is 37.4 Å². The summed E-state index contributed by atoms with van der Waals surface area (Å²) in [6, 6.07) is 9.81. The third kappa shape index (κ3) is 3.38. The molecule has 0 radical (unpaired) electrons. The number of nitrogens with one attached hydrogen (secondary N) is 1. The Bertz CT molecular complexity index is 674. The van der Waals surface area contributed by atoms with E-state index >= 15 is 0 Å². The summed E-state index contributed by atoms with van der Waals surface area (Å²) in [5, 5.41) is 3.23. The Morgan fingerprint density at radius 2 is 1.81 bits per heavy atom. The SMILES string of the molecule is COc1ccc(NC(=O)c2ccc(Cl)cc2N)cc1OC. The number of anilines is 2. The lowest BCUT2D eigenvalue weighted by molar-refractivity contribution is 0.102. The highest BCUT2D eigenvalue weighted by molar-refractivity contribution is 6.31. The van der Waals surface area contributed by atoms with Gasteiger partial charge in [0.2, 0.25) is 0 Å². The molecule has 0 heterocycles. The molecule has 0 fully saturated rings. The summed E-state index contributed by atoms with van der Waals surface area (Å²) >= 11 is 5.81. The molecule has 5 nitrogen and oxygen atoms in total. The van der Waals surface area contributed by atoms with Gasteiger partial charge in [-0.3, -0.25) is 4.79 Å². The van der Waals surface area contributed by atoms with E-state index in [2.05, 4.69) is 5.32 Å². The largest absolute Gasteiger partial charge is 0.493 e. The van der Waals surface area contributed by atoms with Crippen LogP contribution in [0.25, 0.3) is 0 Å². The second kappa shape index (κ2) is 6.37. The molecule has 110 valence electrons. The normalized spacial score (nSPS) is 10.0. The molecule has 2 aromatic rings. The fraction of sp³-hybridized carbons (Fsp3) is 0.133. The van der Waals surface area contributed by atoms with Crippen molar-refractivity contribution in [1.82, 2.24) is 0 Å². The molecule has 0 aliphatic rings. The number of ether oxygens (including phenoxy) is 2. The lowest BCUT2D eigenvalue weighted by atomic mass is 10.1. The third-order valence-corrected chi connectivity index (χ3v) is 3.13. The highest BCUT2D eigenvalue weighted by Crippen LogP contribution is 2.30. The number of carbonyl (C=O) groups excluding carboxylic acids is 1. The van der Waals surface area contributed by atoms with Crippen LogP contribution in [-0.2, 0) is 0 Å². The average molecular weight is 307 g/mol. The maximum atomic E-state index is 12.2. The Labute approximate surface area is 127 Å². The summed E-state index contributed by atoms with van der Waals surface area (Å²) in [7, 11) is 3.07. The molecule has 0 saturated heterocycles. The molecule has 0 aliphatic heterocycles. The number of carbonyl (C=O) groups is 1. The van der Waals surface area contributed by atoms with Gasteiger partial charge in [-0.25, -0.2) is 0 Å². The molecule has 0 aliphatic carbocycles. The van der Waals surface area contributed by atoms with E-state index in [0.29, 0.717) is 33.5 Å². The Hall–Kier alpha value is -2.40. The maximum Gasteiger partial charge on any atom is 0.257 e. The molecule has 0 aromatic heterocycles. The summed E-state index contributed by atoms with van der Waals surface area (Å²) in [5.74, 6) is 0.789. The van der Waals surface area contributed by atoms with Crippen molar-refractivity contribution in [3.8, 4) is 11.5 Å². The lowest BCUT2D eigenvalue weighted by Crippen LogP contribution is -2.14. The summed E-state index contributed by atoms with van der Waals surface area (Å²) in [6.45, 7) is 0. The first kappa shape index (κ1) is 15.0. The van der Waals surface area contributed by atoms with E-state index in [0.717, 1.165) is 0 Å². The molecule has 1 amide bonds. The van der Waals surface area contributed by atoms with Gasteiger partial charge in [0.05, 0.1) is 19.8 Å². The summed E-state index contributed by atoms with van der Waals surface area (Å²) in [5.41, 5.74) is 7.04. The van der Waals surface area contributed by atoms with Gasteiger partial charge in [-0.2, -0.15) is 0 Å². The Balaban J connectivity index is 2.23. The van der Waals surface area contributed by atoms with Gasteiger partial charge < -0.3 is 20.5 Å². The molecular weight excluding hydrogens is 292 g/mol. The summed E-state index contributed by atoms with van der Waals surface area (Å²) in [4.78, 5) is 12.2. The minimum atomic E-state index is -0.323. The number of methoxy groups -OCH3 is 2. The maximum absolute atomic E-state index is 12.2. The van der Waals surface area contributed by atoms with E-state index in [9.17, 15) is 4.79 Å². The van der Waals surface area contributed by atoms with Gasteiger partial charge in [0, 0.05) is 22.5 Å². The molecule has 0 bridgehead atoms. The molecule has 0 spiro atoms. The van der Waals surface area contributed by atoms with E-state index < -0.39 is 0 Å². The molecule has 3 N–H and O–H groups in total. The molecule has 6 heteroatoms. The zero-order valence-corrected chi connectivity index (χ0v) is 12.4. The molecule has 2 rings (SSSR count). The van der Waals surface area contributed by atoms with Gasteiger partial charge in [0.15, 0.2) is 11.5 Å². The van der Waals surface area contributed by atoms with Gasteiger partial charge in [0.1, 0.15) is 0 Å². The number of rotatable bonds is 4. The number of halogens is 1. The van der Waals surface area contributed by atoms with E-state index in [1.807, 2.05) is 0 Å². The zero-order chi connectivity index (χ0) is 15.4. The van der Waals surface area contributed by atoms with Crippen LogP contribution < -0.4 is 20.5 Å². The van der Waals surface area contributed by atoms with Crippen LogP contribution in [0.15, 0.2) is 36.4 Å². The van der Waals surface area contributed by atoms with E-state index in [4.69, 9.17) is 26.8 Å². The number of nitrogens with two attached hydrogens (primary N) is 1. The van der Waals surface area contributed by atoms with Crippen molar-refractivity contribution in [2.24, 2.45) is 0 Å². The second-order valence-corrected chi connectivity index (χ2v) is 4.69. The van der Waals surface area contributed by atoms with Crippen molar-refractivity contribution in [3.05, 3.63) is 47.0 Å². The van der Waals surface area contributed by atoms with Gasteiger partial charge >= 0.3 is 0 Å². The lowest BCUT2D eigenvalue weighted by Gasteiger charge is -2.11. The number of hydrogen-bond acceptors (Lipinski definition) is 4. The van der Waals surface area contributed by atoms with Crippen LogP contribution in [0.2, 0.25) is 5.02 Å². The van der Waals surface area contributed by atoms with Crippen LogP contribution in [0, 0.1) is 0 Å². The van der Waals surface area contributed by atoms with Crippen molar-refractivity contribution < 1.29 is 14.3 Å². The standard InChI is InChI=1S/C15H15ClN2O3/c1-20-13-6-4-10(8-14(13)21-2)18-15(19)11-5-3-9(16)7-12(11)17/h3-8H,17H2,1-2H3,(H,18,19). The fourth-order valence-electron chi connectivity index (χ4n) is 1.85. The second-order valence-electron chi connectivity index (χ2n) is 4.26. The predicted molar refractivity (Wildman–Crippen MR) is 83.4 cm³/mol. The van der Waals surface area contributed by atoms with Gasteiger partial charge in [-0.05, 0) is 30.3 Å². The third-order valence-electron chi connectivity index (χ3n) is 2.90. The fourth-order valence-corrected chi connectivity index (χ4v) is 2.03. The molecule has 0 saturated carbocycles. The summed E-state index contributed by atoms with van der Waals surface area (Å²) in [6.07, 6.45) is 0. The first-order chi connectivity index (χ1) is 10.0. The van der Waals surface area contributed by atoms with Crippen LogP contribution in [-0.4, -0.2) is 20.1 Å². The smallest absolute Gasteiger partial charge is 0.257 e. The molecule has 2 aromatic carbocycles. The first-order valence-electron chi connectivity index (χ1n) is 6.13. The van der Waals surface area contributed by atoms with Gasteiger partial charge in [0.25, 0.3) is 5.91 Å². The number of nitrogen functional groups attached to an aromatic ring is 1. The quantitative estimate of drug-likeness (QED) is 0.851. The monoisotopic (exact) mass is 306 g/mol. The van der Waals surface area contributed by atoms with Crippen LogP contribution in [0.5, 0.6) is 11.5 Å². The number of amides is 1. The molecule has 0 atom stereocenters. The van der Waals surface area contributed by atoms with Crippen molar-refractivity contribution >= 4 is 28.9 Å². The van der Waals surface area contributed by atoms with Crippen molar-refractivity contribution in [2.45, 2.75) is 0 Å². The van der Waals surface area contributed by atoms with E-state index in [-0.39, 0.29) is 5.91 Å². The average Bonchev–Trinajstić information content (AvgIpc) is 2.46. The van der Waals surface area contributed by atoms with Gasteiger partial charge in [-0.1, -0.05) is 11.6 Å². The number of benzene rings is 2. The zero-order valence-electron chi connectivity index (χ0n) is 11.6. The van der Waals surface area contributed by atoms with Gasteiger partial charge in [-0.15, -0.1) is 0 Å². The minimum absolute atomic E-state index is 0.320. The first-order valence-corrected chi connectivity index (χ1v) is 6.51. The van der Waals surface area contributed by atoms with Crippen LogP contribution in [0.1, 0.15) is 10.4 Å². The highest BCUT2D eigenvalue weighted by Gasteiger charge is 2.12. The minimum Gasteiger partial charge on any atom is -0.493 e. The molecule has 21 heavy (non-hydrogen) atoms. The predicted octanol–water partition coefficient (Wildman–Crippen LogP) is 3.19. The van der Waals surface area contributed by atoms with Crippen LogP contribution >= 0.6 is 11.6 Å². The van der Waals surface area contributed by atoms with Crippen LogP contribution in [0.4, 0.5) is 11.4 Å². The Morgan fingerprint density at radius 3 is 2.43 bits per heavy atom. The van der Waals surface area contributed by atoms with Crippen molar-refractivity contribution in [3.63, 3.8) is 0 Å². The van der Waals surface area contributed by atoms with Crippen molar-refractivity contribution in [2.75, 3.05) is 25.3 Å². The Kier molecular flexibility index (Phi) is 4.55. The van der Waals surface area contributed by atoms with E-state index in [1.165, 1.54) is 13.2 Å². The number of hydrogen-bond donors (Lipinski definition) is 2. The molecule has 0 unspecified atom stereocenters. The van der Waals surface area contributed by atoms with Crippen molar-refractivity contribution in [1.29, 1.82) is 0 Å². The summed E-state index contributed by atoms with van der Waals surface area (Å²) < 4.78 is 10.3. The molecular formula is C15H15ClN2O3.